The Balaban J connectivity index is 1.89. The molecule has 162 valence electrons. The molecule has 0 aromatic heterocycles. The van der Waals surface area contributed by atoms with Gasteiger partial charge in [-0.2, -0.15) is 0 Å². The van der Waals surface area contributed by atoms with Crippen LogP contribution in [0.2, 0.25) is 0 Å². The van der Waals surface area contributed by atoms with Gasteiger partial charge in [-0.05, 0) is 67.8 Å². The quantitative estimate of drug-likeness (QED) is 0.585. The fourth-order valence-corrected chi connectivity index (χ4v) is 2.87. The van der Waals surface area contributed by atoms with Gasteiger partial charge < -0.3 is 14.8 Å². The first kappa shape index (κ1) is 23.4. The van der Waals surface area contributed by atoms with Gasteiger partial charge in [0.15, 0.2) is 6.10 Å². The summed E-state index contributed by atoms with van der Waals surface area (Å²) in [5.74, 6) is -0.00393. The van der Waals surface area contributed by atoms with Crippen LogP contribution in [-0.2, 0) is 19.6 Å². The van der Waals surface area contributed by atoms with Crippen molar-refractivity contribution in [3.8, 4) is 5.75 Å². The normalized spacial score (nSPS) is 12.3. The molecule has 0 spiro atoms. The lowest BCUT2D eigenvalue weighted by Crippen LogP contribution is -2.30. The van der Waals surface area contributed by atoms with E-state index in [0.29, 0.717) is 29.5 Å². The first-order chi connectivity index (χ1) is 14.1. The second kappa shape index (κ2) is 10.2. The summed E-state index contributed by atoms with van der Waals surface area (Å²) in [5.41, 5.74) is 0.640. The molecule has 0 aliphatic rings. The van der Waals surface area contributed by atoms with Crippen LogP contribution in [0.3, 0.4) is 0 Å². The molecule has 0 aliphatic carbocycles. The predicted octanol–water partition coefficient (Wildman–Crippen LogP) is 2.94. The fraction of sp³-hybridized carbons (Fsp3) is 0.333. The molecule has 1 amide bonds. The summed E-state index contributed by atoms with van der Waals surface area (Å²) < 4.78 is 33.3. The molecule has 2 aromatic carbocycles. The van der Waals surface area contributed by atoms with Gasteiger partial charge in [0.1, 0.15) is 5.75 Å². The summed E-state index contributed by atoms with van der Waals surface area (Å²) in [6.07, 6.45) is -0.126. The van der Waals surface area contributed by atoms with Gasteiger partial charge >= 0.3 is 5.97 Å². The second-order valence-corrected chi connectivity index (χ2v) is 8.72. The molecule has 8 nitrogen and oxygen atoms in total. The Morgan fingerprint density at radius 1 is 1.00 bits per heavy atom. The van der Waals surface area contributed by atoms with Crippen molar-refractivity contribution < 1.29 is 27.5 Å². The Hall–Kier alpha value is -2.91. The van der Waals surface area contributed by atoms with E-state index in [-0.39, 0.29) is 4.90 Å². The van der Waals surface area contributed by atoms with Crippen molar-refractivity contribution in [2.24, 2.45) is 11.1 Å². The third-order valence-corrected chi connectivity index (χ3v) is 5.09. The first-order valence-corrected chi connectivity index (χ1v) is 11.0. The number of nitrogens with two attached hydrogens (primary N) is 1. The third kappa shape index (κ3) is 7.16. The maximum atomic E-state index is 12.3. The monoisotopic (exact) mass is 434 g/mol. The lowest BCUT2D eigenvalue weighted by Gasteiger charge is -2.14. The van der Waals surface area contributed by atoms with Gasteiger partial charge in [0, 0.05) is 5.69 Å². The van der Waals surface area contributed by atoms with Crippen LogP contribution >= 0.6 is 0 Å². The van der Waals surface area contributed by atoms with Crippen molar-refractivity contribution >= 4 is 27.6 Å². The molecule has 0 saturated carbocycles. The number of carbonyl (C=O) groups is 2. The Morgan fingerprint density at radius 2 is 1.60 bits per heavy atom. The zero-order chi connectivity index (χ0) is 22.3. The molecule has 0 unspecified atom stereocenters. The zero-order valence-electron chi connectivity index (χ0n) is 17.1. The van der Waals surface area contributed by atoms with Crippen LogP contribution in [0.4, 0.5) is 5.69 Å². The third-order valence-electron chi connectivity index (χ3n) is 4.16. The summed E-state index contributed by atoms with van der Waals surface area (Å²) in [6.45, 7) is 6.25. The van der Waals surface area contributed by atoms with Gasteiger partial charge in [0.05, 0.1) is 17.1 Å². The Kier molecular flexibility index (Phi) is 7.96. The van der Waals surface area contributed by atoms with Crippen molar-refractivity contribution in [2.45, 2.75) is 38.2 Å². The van der Waals surface area contributed by atoms with Crippen LogP contribution in [-0.4, -0.2) is 33.0 Å². The standard InChI is InChI=1S/C21H26N2O6S/c1-14(2)12-13-28-18-8-4-16(5-9-18)21(25)29-15(3)20(24)23-17-6-10-19(11-7-17)30(22,26)27/h4-11,14-15H,12-13H2,1-3H3,(H,23,24)(H2,22,26,27)/t15-/m1/s1. The molecule has 1 atom stereocenters. The average molecular weight is 435 g/mol. The van der Waals surface area contributed by atoms with Gasteiger partial charge in [-0.3, -0.25) is 4.79 Å². The van der Waals surface area contributed by atoms with E-state index in [9.17, 15) is 18.0 Å². The number of rotatable bonds is 9. The molecular formula is C21H26N2O6S. The van der Waals surface area contributed by atoms with Crippen LogP contribution in [0.15, 0.2) is 53.4 Å². The number of amides is 1. The van der Waals surface area contributed by atoms with E-state index in [1.54, 1.807) is 24.3 Å². The molecule has 0 saturated heterocycles. The van der Waals surface area contributed by atoms with Gasteiger partial charge in [0.2, 0.25) is 10.0 Å². The van der Waals surface area contributed by atoms with Crippen molar-refractivity contribution in [3.05, 3.63) is 54.1 Å². The number of esters is 1. The summed E-state index contributed by atoms with van der Waals surface area (Å²) in [7, 11) is -3.81. The number of primary sulfonamides is 1. The zero-order valence-corrected chi connectivity index (χ0v) is 17.9. The van der Waals surface area contributed by atoms with Gasteiger partial charge in [0.25, 0.3) is 5.91 Å². The van der Waals surface area contributed by atoms with E-state index in [1.807, 2.05) is 0 Å². The SMILES string of the molecule is CC(C)CCOc1ccc(C(=O)O[C@H](C)C(=O)Nc2ccc(S(N)(=O)=O)cc2)cc1. The lowest BCUT2D eigenvalue weighted by molar-refractivity contribution is -0.123. The molecular weight excluding hydrogens is 408 g/mol. The number of hydrogen-bond donors (Lipinski definition) is 2. The number of nitrogens with one attached hydrogen (secondary N) is 1. The number of hydrogen-bond acceptors (Lipinski definition) is 6. The number of benzene rings is 2. The number of anilines is 1. The molecule has 2 aromatic rings. The van der Waals surface area contributed by atoms with Crippen molar-refractivity contribution in [1.29, 1.82) is 0 Å². The lowest BCUT2D eigenvalue weighted by atomic mass is 10.1. The van der Waals surface area contributed by atoms with Crippen LogP contribution in [0, 0.1) is 5.92 Å². The highest BCUT2D eigenvalue weighted by molar-refractivity contribution is 7.89. The van der Waals surface area contributed by atoms with Gasteiger partial charge in [-0.15, -0.1) is 0 Å². The van der Waals surface area contributed by atoms with Crippen molar-refractivity contribution in [1.82, 2.24) is 0 Å². The van der Waals surface area contributed by atoms with Gasteiger partial charge in [-0.25, -0.2) is 18.4 Å². The summed E-state index contributed by atoms with van der Waals surface area (Å²) >= 11 is 0. The van der Waals surface area contributed by atoms with Crippen molar-refractivity contribution in [3.63, 3.8) is 0 Å². The largest absolute Gasteiger partial charge is 0.494 e. The van der Waals surface area contributed by atoms with E-state index < -0.39 is 28.0 Å². The minimum atomic E-state index is -3.81. The molecule has 30 heavy (non-hydrogen) atoms. The van der Waals surface area contributed by atoms with Crippen LogP contribution in [0.25, 0.3) is 0 Å². The molecule has 0 radical (unpaired) electrons. The Labute approximate surface area is 176 Å². The summed E-state index contributed by atoms with van der Waals surface area (Å²) in [5, 5.41) is 7.58. The minimum Gasteiger partial charge on any atom is -0.494 e. The molecule has 0 bridgehead atoms. The first-order valence-electron chi connectivity index (χ1n) is 9.44. The maximum absolute atomic E-state index is 12.3. The van der Waals surface area contributed by atoms with E-state index in [0.717, 1.165) is 6.42 Å². The van der Waals surface area contributed by atoms with Crippen LogP contribution in [0.1, 0.15) is 37.6 Å². The van der Waals surface area contributed by atoms with E-state index >= 15 is 0 Å². The maximum Gasteiger partial charge on any atom is 0.338 e. The molecule has 0 heterocycles. The number of carbonyl (C=O) groups excluding carboxylic acids is 2. The predicted molar refractivity (Wildman–Crippen MR) is 113 cm³/mol. The smallest absolute Gasteiger partial charge is 0.338 e. The topological polar surface area (TPSA) is 125 Å². The highest BCUT2D eigenvalue weighted by atomic mass is 32.2. The van der Waals surface area contributed by atoms with Crippen molar-refractivity contribution in [2.75, 3.05) is 11.9 Å². The van der Waals surface area contributed by atoms with Gasteiger partial charge in [-0.1, -0.05) is 13.8 Å². The highest BCUT2D eigenvalue weighted by Gasteiger charge is 2.19. The Morgan fingerprint density at radius 3 is 2.13 bits per heavy atom. The molecule has 0 fully saturated rings. The molecule has 0 aliphatic heterocycles. The Bertz CT molecular complexity index is 970. The molecule has 2 rings (SSSR count). The summed E-state index contributed by atoms with van der Waals surface area (Å²) in [4.78, 5) is 24.4. The minimum absolute atomic E-state index is 0.0726. The number of sulfonamides is 1. The molecule has 9 heteroatoms. The van der Waals surface area contributed by atoms with E-state index in [2.05, 4.69) is 19.2 Å². The van der Waals surface area contributed by atoms with E-state index in [1.165, 1.54) is 31.2 Å². The van der Waals surface area contributed by atoms with Crippen LogP contribution in [0.5, 0.6) is 5.75 Å². The number of ether oxygens (including phenoxy) is 2. The molecule has 3 N–H and O–H groups in total. The highest BCUT2D eigenvalue weighted by Crippen LogP contribution is 2.16. The van der Waals surface area contributed by atoms with E-state index in [4.69, 9.17) is 14.6 Å². The second-order valence-electron chi connectivity index (χ2n) is 7.16. The summed E-state index contributed by atoms with van der Waals surface area (Å²) in [6, 6.07) is 11.8. The fourth-order valence-electron chi connectivity index (χ4n) is 2.35. The van der Waals surface area contributed by atoms with Crippen LogP contribution < -0.4 is 15.2 Å². The average Bonchev–Trinajstić information content (AvgIpc) is 2.67.